The zero-order valence-electron chi connectivity index (χ0n) is 10.2. The maximum atomic E-state index is 12.1. The topological polar surface area (TPSA) is 45.2 Å². The Balaban J connectivity index is 1.91. The van der Waals surface area contributed by atoms with E-state index in [9.17, 15) is 4.79 Å². The molecule has 0 aromatic carbocycles. The molecule has 1 aromatic heterocycles. The molecular formula is C13H19N3O. The molecule has 1 aromatic rings. The summed E-state index contributed by atoms with van der Waals surface area (Å²) in [6.45, 7) is 2.07. The zero-order chi connectivity index (χ0) is 12.1. The maximum absolute atomic E-state index is 12.1. The van der Waals surface area contributed by atoms with Crippen LogP contribution in [0.15, 0.2) is 24.5 Å². The van der Waals surface area contributed by atoms with Crippen molar-refractivity contribution in [3.63, 3.8) is 0 Å². The Bertz CT molecular complexity index is 360. The molecule has 0 unspecified atom stereocenters. The molecule has 1 aliphatic rings. The summed E-state index contributed by atoms with van der Waals surface area (Å²) in [7, 11) is 1.82. The quantitative estimate of drug-likeness (QED) is 0.859. The van der Waals surface area contributed by atoms with Gasteiger partial charge in [-0.3, -0.25) is 9.78 Å². The van der Waals surface area contributed by atoms with Crippen LogP contribution < -0.4 is 10.2 Å². The van der Waals surface area contributed by atoms with Crippen LogP contribution in [0.25, 0.3) is 0 Å². The Morgan fingerprint density at radius 1 is 1.53 bits per heavy atom. The van der Waals surface area contributed by atoms with Gasteiger partial charge in [0.15, 0.2) is 0 Å². The molecule has 2 rings (SSSR count). The second-order valence-electron chi connectivity index (χ2n) is 4.56. The molecule has 0 saturated carbocycles. The molecule has 0 spiro atoms. The van der Waals surface area contributed by atoms with E-state index in [-0.39, 0.29) is 5.91 Å². The summed E-state index contributed by atoms with van der Waals surface area (Å²) >= 11 is 0. The highest BCUT2D eigenvalue weighted by Gasteiger charge is 2.19. The van der Waals surface area contributed by atoms with Crippen molar-refractivity contribution in [2.75, 3.05) is 25.0 Å². The number of nitrogens with zero attached hydrogens (tertiary/aromatic N) is 2. The number of anilines is 1. The minimum Gasteiger partial charge on any atom is -0.317 e. The summed E-state index contributed by atoms with van der Waals surface area (Å²) in [5.41, 5.74) is 0.867. The van der Waals surface area contributed by atoms with Gasteiger partial charge in [0.05, 0.1) is 11.9 Å². The Morgan fingerprint density at radius 2 is 2.29 bits per heavy atom. The van der Waals surface area contributed by atoms with Gasteiger partial charge < -0.3 is 10.2 Å². The molecule has 92 valence electrons. The predicted octanol–water partition coefficient (Wildman–Crippen LogP) is 1.43. The van der Waals surface area contributed by atoms with E-state index in [1.165, 1.54) is 0 Å². The Hall–Kier alpha value is -1.42. The van der Waals surface area contributed by atoms with E-state index >= 15 is 0 Å². The number of carbonyl (C=O) groups is 1. The van der Waals surface area contributed by atoms with Crippen molar-refractivity contribution in [2.24, 2.45) is 5.92 Å². The van der Waals surface area contributed by atoms with Gasteiger partial charge in [-0.05, 0) is 44.0 Å². The first-order chi connectivity index (χ1) is 8.27. The highest BCUT2D eigenvalue weighted by Crippen LogP contribution is 2.19. The average Bonchev–Trinajstić information content (AvgIpc) is 2.40. The van der Waals surface area contributed by atoms with E-state index in [2.05, 4.69) is 10.3 Å². The second-order valence-corrected chi connectivity index (χ2v) is 4.56. The first-order valence-corrected chi connectivity index (χ1v) is 6.14. The summed E-state index contributed by atoms with van der Waals surface area (Å²) in [4.78, 5) is 17.8. The number of nitrogens with one attached hydrogen (secondary N) is 1. The minimum atomic E-state index is 0.185. The van der Waals surface area contributed by atoms with Gasteiger partial charge in [0.1, 0.15) is 0 Å². The molecule has 1 saturated heterocycles. The lowest BCUT2D eigenvalue weighted by molar-refractivity contribution is -0.119. The minimum absolute atomic E-state index is 0.185. The third-order valence-electron chi connectivity index (χ3n) is 3.33. The first-order valence-electron chi connectivity index (χ1n) is 6.14. The molecule has 0 radical (unpaired) electrons. The van der Waals surface area contributed by atoms with Crippen molar-refractivity contribution in [3.8, 4) is 0 Å². The molecule has 0 bridgehead atoms. The molecular weight excluding hydrogens is 214 g/mol. The van der Waals surface area contributed by atoms with Gasteiger partial charge in [0.2, 0.25) is 5.91 Å². The Morgan fingerprint density at radius 3 is 2.94 bits per heavy atom. The Kier molecular flexibility index (Phi) is 4.09. The molecule has 4 heteroatoms. The van der Waals surface area contributed by atoms with Crippen molar-refractivity contribution in [2.45, 2.75) is 19.3 Å². The normalized spacial score (nSPS) is 16.8. The predicted molar refractivity (Wildman–Crippen MR) is 67.9 cm³/mol. The summed E-state index contributed by atoms with van der Waals surface area (Å²) in [5.74, 6) is 0.716. The van der Waals surface area contributed by atoms with Gasteiger partial charge >= 0.3 is 0 Å². The molecule has 17 heavy (non-hydrogen) atoms. The number of pyridine rings is 1. The summed E-state index contributed by atoms with van der Waals surface area (Å²) in [5, 5.41) is 3.31. The fourth-order valence-electron chi connectivity index (χ4n) is 2.17. The van der Waals surface area contributed by atoms with Crippen LogP contribution in [0.4, 0.5) is 5.69 Å². The van der Waals surface area contributed by atoms with Crippen molar-refractivity contribution in [1.29, 1.82) is 0 Å². The van der Waals surface area contributed by atoms with E-state index in [0.29, 0.717) is 12.3 Å². The molecule has 1 amide bonds. The van der Waals surface area contributed by atoms with Gasteiger partial charge in [-0.1, -0.05) is 0 Å². The van der Waals surface area contributed by atoms with E-state index in [4.69, 9.17) is 0 Å². The van der Waals surface area contributed by atoms with Crippen LogP contribution in [0.2, 0.25) is 0 Å². The van der Waals surface area contributed by atoms with E-state index in [1.807, 2.05) is 19.2 Å². The summed E-state index contributed by atoms with van der Waals surface area (Å²) in [6.07, 6.45) is 6.29. The fourth-order valence-corrected chi connectivity index (χ4v) is 2.17. The lowest BCUT2D eigenvalue weighted by Gasteiger charge is -2.24. The third-order valence-corrected chi connectivity index (χ3v) is 3.33. The van der Waals surface area contributed by atoms with Gasteiger partial charge in [-0.2, -0.15) is 0 Å². The van der Waals surface area contributed by atoms with Crippen molar-refractivity contribution in [1.82, 2.24) is 10.3 Å². The monoisotopic (exact) mass is 233 g/mol. The van der Waals surface area contributed by atoms with Gasteiger partial charge in [0.25, 0.3) is 0 Å². The lowest BCUT2D eigenvalue weighted by atomic mass is 9.94. The molecule has 1 N–H and O–H groups in total. The smallest absolute Gasteiger partial charge is 0.227 e. The standard InChI is InChI=1S/C13H19N3O/c1-16(12-3-2-6-15-10-12)13(17)9-11-4-7-14-8-5-11/h2-3,6,10-11,14H,4-5,7-9H2,1H3. The molecule has 4 nitrogen and oxygen atoms in total. The lowest BCUT2D eigenvalue weighted by Crippen LogP contribution is -2.33. The van der Waals surface area contributed by atoms with Crippen molar-refractivity contribution >= 4 is 11.6 Å². The van der Waals surface area contributed by atoms with Crippen molar-refractivity contribution in [3.05, 3.63) is 24.5 Å². The van der Waals surface area contributed by atoms with Crippen molar-refractivity contribution < 1.29 is 4.79 Å². The molecule has 1 fully saturated rings. The molecule has 2 heterocycles. The first kappa shape index (κ1) is 12.0. The highest BCUT2D eigenvalue weighted by atomic mass is 16.2. The summed E-state index contributed by atoms with van der Waals surface area (Å²) in [6, 6.07) is 3.76. The number of piperidine rings is 1. The largest absolute Gasteiger partial charge is 0.317 e. The van der Waals surface area contributed by atoms with Crippen LogP contribution >= 0.6 is 0 Å². The number of rotatable bonds is 3. The zero-order valence-corrected chi connectivity index (χ0v) is 10.2. The average molecular weight is 233 g/mol. The third kappa shape index (κ3) is 3.27. The van der Waals surface area contributed by atoms with E-state index in [0.717, 1.165) is 31.6 Å². The maximum Gasteiger partial charge on any atom is 0.227 e. The number of carbonyl (C=O) groups excluding carboxylic acids is 1. The molecule has 0 aliphatic carbocycles. The number of aromatic nitrogens is 1. The van der Waals surface area contributed by atoms with Gasteiger partial charge in [-0.25, -0.2) is 0 Å². The number of hydrogen-bond acceptors (Lipinski definition) is 3. The van der Waals surface area contributed by atoms with E-state index in [1.54, 1.807) is 17.3 Å². The van der Waals surface area contributed by atoms with Crippen LogP contribution in [-0.4, -0.2) is 31.0 Å². The van der Waals surface area contributed by atoms with Gasteiger partial charge in [-0.15, -0.1) is 0 Å². The second kappa shape index (κ2) is 5.77. The van der Waals surface area contributed by atoms with Crippen LogP contribution in [-0.2, 0) is 4.79 Å². The fraction of sp³-hybridized carbons (Fsp3) is 0.538. The van der Waals surface area contributed by atoms with Gasteiger partial charge in [0, 0.05) is 19.7 Å². The van der Waals surface area contributed by atoms with E-state index < -0.39 is 0 Å². The Labute approximate surface area is 102 Å². The molecule has 0 atom stereocenters. The van der Waals surface area contributed by atoms with Crippen LogP contribution in [0.5, 0.6) is 0 Å². The SMILES string of the molecule is CN(C(=O)CC1CCNCC1)c1cccnc1. The number of amides is 1. The molecule has 1 aliphatic heterocycles. The number of hydrogen-bond donors (Lipinski definition) is 1. The van der Waals surface area contributed by atoms with Crippen LogP contribution in [0.3, 0.4) is 0 Å². The van der Waals surface area contributed by atoms with Crippen LogP contribution in [0, 0.1) is 5.92 Å². The highest BCUT2D eigenvalue weighted by molar-refractivity contribution is 5.92. The van der Waals surface area contributed by atoms with Crippen LogP contribution in [0.1, 0.15) is 19.3 Å². The summed E-state index contributed by atoms with van der Waals surface area (Å²) < 4.78 is 0.